The first-order valence-corrected chi connectivity index (χ1v) is 7.76. The number of alkyl halides is 1. The first kappa shape index (κ1) is 14.9. The van der Waals surface area contributed by atoms with Crippen molar-refractivity contribution in [1.29, 1.82) is 0 Å². The number of benzene rings is 2. The lowest BCUT2D eigenvalue weighted by Gasteiger charge is -2.26. The third-order valence-corrected chi connectivity index (χ3v) is 3.70. The van der Waals surface area contributed by atoms with E-state index in [0.717, 1.165) is 5.39 Å². The van der Waals surface area contributed by atoms with Gasteiger partial charge >= 0.3 is 0 Å². The van der Waals surface area contributed by atoms with Crippen LogP contribution in [0, 0.1) is 0 Å². The van der Waals surface area contributed by atoms with Gasteiger partial charge in [0.15, 0.2) is 0 Å². The molecule has 0 aliphatic rings. The molecule has 1 amide bonds. The van der Waals surface area contributed by atoms with Crippen LogP contribution in [0.5, 0.6) is 5.75 Å². The number of phenolic OH excluding ortho intramolecular Hbond substituents is 1. The van der Waals surface area contributed by atoms with Crippen molar-refractivity contribution in [3.8, 4) is 5.75 Å². The van der Waals surface area contributed by atoms with Crippen molar-refractivity contribution >= 4 is 32.6 Å². The fourth-order valence-electron chi connectivity index (χ4n) is 2.27. The lowest BCUT2D eigenvalue weighted by molar-refractivity contribution is 0.0716. The van der Waals surface area contributed by atoms with E-state index in [2.05, 4.69) is 15.9 Å². The SMILES string of the molecule is CC(C)N(CCBr)C(=O)c1ccc2ccccc2c1O. The zero-order chi connectivity index (χ0) is 14.7. The first-order chi connectivity index (χ1) is 9.56. The predicted molar refractivity (Wildman–Crippen MR) is 85.6 cm³/mol. The van der Waals surface area contributed by atoms with Crippen molar-refractivity contribution in [3.05, 3.63) is 42.0 Å². The molecule has 2 aromatic carbocycles. The van der Waals surface area contributed by atoms with Crippen LogP contribution in [0.25, 0.3) is 10.8 Å². The molecule has 3 nitrogen and oxygen atoms in total. The Kier molecular flexibility index (Phi) is 4.65. The van der Waals surface area contributed by atoms with Gasteiger partial charge in [0.05, 0.1) is 5.56 Å². The Morgan fingerprint density at radius 2 is 1.95 bits per heavy atom. The molecule has 0 fully saturated rings. The van der Waals surface area contributed by atoms with Gasteiger partial charge in [-0.2, -0.15) is 0 Å². The van der Waals surface area contributed by atoms with E-state index in [0.29, 0.717) is 22.8 Å². The van der Waals surface area contributed by atoms with Gasteiger partial charge in [-0.05, 0) is 25.3 Å². The number of nitrogens with zero attached hydrogens (tertiary/aromatic N) is 1. The Labute approximate surface area is 127 Å². The van der Waals surface area contributed by atoms with Crippen LogP contribution >= 0.6 is 15.9 Å². The number of hydrogen-bond acceptors (Lipinski definition) is 2. The van der Waals surface area contributed by atoms with E-state index >= 15 is 0 Å². The fraction of sp³-hybridized carbons (Fsp3) is 0.312. The number of carbonyl (C=O) groups excluding carboxylic acids is 1. The average Bonchev–Trinajstić information content (AvgIpc) is 2.44. The molecular formula is C16H18BrNO2. The first-order valence-electron chi connectivity index (χ1n) is 6.64. The Bertz CT molecular complexity index is 625. The highest BCUT2D eigenvalue weighted by molar-refractivity contribution is 9.09. The summed E-state index contributed by atoms with van der Waals surface area (Å²) in [5.41, 5.74) is 0.360. The van der Waals surface area contributed by atoms with Crippen molar-refractivity contribution in [3.63, 3.8) is 0 Å². The summed E-state index contributed by atoms with van der Waals surface area (Å²) in [4.78, 5) is 14.3. The number of halogens is 1. The molecule has 4 heteroatoms. The van der Waals surface area contributed by atoms with Gasteiger partial charge < -0.3 is 10.0 Å². The third-order valence-electron chi connectivity index (χ3n) is 3.34. The maximum atomic E-state index is 12.6. The molecule has 106 valence electrons. The van der Waals surface area contributed by atoms with Crippen LogP contribution in [-0.4, -0.2) is 33.8 Å². The molecule has 20 heavy (non-hydrogen) atoms. The van der Waals surface area contributed by atoms with E-state index in [1.165, 1.54) is 0 Å². The summed E-state index contributed by atoms with van der Waals surface area (Å²) < 4.78 is 0. The summed E-state index contributed by atoms with van der Waals surface area (Å²) in [7, 11) is 0. The highest BCUT2D eigenvalue weighted by Crippen LogP contribution is 2.29. The van der Waals surface area contributed by atoms with E-state index in [1.54, 1.807) is 11.0 Å². The van der Waals surface area contributed by atoms with Crippen LogP contribution < -0.4 is 0 Å². The molecular weight excluding hydrogens is 318 g/mol. The number of fused-ring (bicyclic) bond motifs is 1. The zero-order valence-corrected chi connectivity index (χ0v) is 13.2. The molecule has 0 aliphatic heterocycles. The van der Waals surface area contributed by atoms with Gasteiger partial charge in [-0.25, -0.2) is 0 Å². The summed E-state index contributed by atoms with van der Waals surface area (Å²) in [6, 6.07) is 11.2. The Balaban J connectivity index is 2.46. The minimum Gasteiger partial charge on any atom is -0.506 e. The molecule has 0 saturated heterocycles. The van der Waals surface area contributed by atoms with Gasteiger partial charge in [0.1, 0.15) is 5.75 Å². The van der Waals surface area contributed by atoms with Crippen LogP contribution in [-0.2, 0) is 0 Å². The summed E-state index contributed by atoms with van der Waals surface area (Å²) in [6.07, 6.45) is 0. The van der Waals surface area contributed by atoms with Crippen LogP contribution in [0.2, 0.25) is 0 Å². The Morgan fingerprint density at radius 1 is 1.25 bits per heavy atom. The summed E-state index contributed by atoms with van der Waals surface area (Å²) in [5, 5.41) is 12.7. The zero-order valence-electron chi connectivity index (χ0n) is 11.6. The van der Waals surface area contributed by atoms with E-state index in [9.17, 15) is 9.90 Å². The molecule has 0 atom stereocenters. The molecule has 2 aromatic rings. The van der Waals surface area contributed by atoms with Gasteiger partial charge in [0.25, 0.3) is 5.91 Å². The van der Waals surface area contributed by atoms with Gasteiger partial charge in [0.2, 0.25) is 0 Å². The largest absolute Gasteiger partial charge is 0.506 e. The number of rotatable bonds is 4. The topological polar surface area (TPSA) is 40.5 Å². The summed E-state index contributed by atoms with van der Waals surface area (Å²) in [6.45, 7) is 4.56. The lowest BCUT2D eigenvalue weighted by atomic mass is 10.0. The molecule has 0 saturated carbocycles. The molecule has 1 N–H and O–H groups in total. The second-order valence-corrected chi connectivity index (χ2v) is 5.76. The fourth-order valence-corrected chi connectivity index (χ4v) is 2.65. The highest BCUT2D eigenvalue weighted by Gasteiger charge is 2.21. The monoisotopic (exact) mass is 335 g/mol. The Hall–Kier alpha value is -1.55. The number of hydrogen-bond donors (Lipinski definition) is 1. The van der Waals surface area contributed by atoms with Gasteiger partial charge in [-0.15, -0.1) is 0 Å². The van der Waals surface area contributed by atoms with Crippen molar-refractivity contribution in [2.45, 2.75) is 19.9 Å². The van der Waals surface area contributed by atoms with Crippen LogP contribution in [0.3, 0.4) is 0 Å². The molecule has 0 bridgehead atoms. The van der Waals surface area contributed by atoms with Crippen molar-refractivity contribution < 1.29 is 9.90 Å². The van der Waals surface area contributed by atoms with Crippen molar-refractivity contribution in [2.75, 3.05) is 11.9 Å². The van der Waals surface area contributed by atoms with Crippen LogP contribution in [0.1, 0.15) is 24.2 Å². The second kappa shape index (κ2) is 6.27. The van der Waals surface area contributed by atoms with Gasteiger partial charge in [-0.3, -0.25) is 4.79 Å². The predicted octanol–water partition coefficient (Wildman–Crippen LogP) is 3.79. The Morgan fingerprint density at radius 3 is 2.60 bits per heavy atom. The summed E-state index contributed by atoms with van der Waals surface area (Å²) in [5.74, 6) is -0.0731. The van der Waals surface area contributed by atoms with Crippen LogP contribution in [0.4, 0.5) is 0 Å². The quantitative estimate of drug-likeness (QED) is 0.863. The van der Waals surface area contributed by atoms with Gasteiger partial charge in [0, 0.05) is 23.3 Å². The van der Waals surface area contributed by atoms with E-state index in [1.807, 2.05) is 44.2 Å². The average molecular weight is 336 g/mol. The maximum Gasteiger partial charge on any atom is 0.257 e. The normalized spacial score (nSPS) is 11.0. The van der Waals surface area contributed by atoms with Gasteiger partial charge in [-0.1, -0.05) is 46.3 Å². The standard InChI is InChI=1S/C16H18BrNO2/c1-11(2)18(10-9-17)16(20)14-8-7-12-5-3-4-6-13(12)15(14)19/h3-8,11,19H,9-10H2,1-2H3. The molecule has 0 radical (unpaired) electrons. The van der Waals surface area contributed by atoms with E-state index < -0.39 is 0 Å². The van der Waals surface area contributed by atoms with E-state index in [4.69, 9.17) is 0 Å². The second-order valence-electron chi connectivity index (χ2n) is 4.96. The van der Waals surface area contributed by atoms with Crippen molar-refractivity contribution in [1.82, 2.24) is 4.90 Å². The third kappa shape index (κ3) is 2.80. The molecule has 0 unspecified atom stereocenters. The lowest BCUT2D eigenvalue weighted by Crippen LogP contribution is -2.38. The molecule has 0 aromatic heterocycles. The minimum absolute atomic E-state index is 0.0633. The summed E-state index contributed by atoms with van der Waals surface area (Å²) >= 11 is 3.36. The van der Waals surface area contributed by atoms with Crippen molar-refractivity contribution in [2.24, 2.45) is 0 Å². The molecule has 0 heterocycles. The smallest absolute Gasteiger partial charge is 0.257 e. The number of amides is 1. The number of carbonyl (C=O) groups is 1. The molecule has 0 spiro atoms. The van der Waals surface area contributed by atoms with Crippen LogP contribution in [0.15, 0.2) is 36.4 Å². The number of aromatic hydroxyl groups is 1. The number of phenols is 1. The molecule has 0 aliphatic carbocycles. The van der Waals surface area contributed by atoms with E-state index in [-0.39, 0.29) is 17.7 Å². The molecule has 2 rings (SSSR count). The minimum atomic E-state index is -0.136. The highest BCUT2D eigenvalue weighted by atomic mass is 79.9. The maximum absolute atomic E-state index is 12.6.